The summed E-state index contributed by atoms with van der Waals surface area (Å²) in [6.07, 6.45) is 7.71. The predicted molar refractivity (Wildman–Crippen MR) is 106 cm³/mol. The number of rotatable bonds is 4. The highest BCUT2D eigenvalue weighted by atomic mass is 14.5. The topological polar surface area (TPSA) is 0 Å². The maximum Gasteiger partial charge on any atom is -0.00409 e. The summed E-state index contributed by atoms with van der Waals surface area (Å²) in [5.74, 6) is 0. The summed E-state index contributed by atoms with van der Waals surface area (Å²) in [5.41, 5.74) is 8.12. The van der Waals surface area contributed by atoms with Crippen molar-refractivity contribution in [3.8, 4) is 0 Å². The van der Waals surface area contributed by atoms with Crippen LogP contribution in [0, 0.1) is 0 Å². The predicted octanol–water partition coefficient (Wildman–Crippen LogP) is 7.16. The molecule has 1 aromatic carbocycles. The first-order valence-corrected chi connectivity index (χ1v) is 10.3. The Hall–Kier alpha value is -0.780. The van der Waals surface area contributed by atoms with Gasteiger partial charge in [0, 0.05) is 0 Å². The van der Waals surface area contributed by atoms with Crippen LogP contribution in [0.25, 0.3) is 0 Å². The number of fused-ring (bicyclic) bond motifs is 2. The molecule has 0 aliphatic heterocycles. The molecule has 0 heteroatoms. The van der Waals surface area contributed by atoms with Gasteiger partial charge in [0.15, 0.2) is 0 Å². The van der Waals surface area contributed by atoms with Gasteiger partial charge in [-0.1, -0.05) is 67.5 Å². The Bertz CT molecular complexity index is 578. The summed E-state index contributed by atoms with van der Waals surface area (Å²) in [6, 6.07) is 5.33. The first-order chi connectivity index (χ1) is 11.1. The normalized spacial score (nSPS) is 24.7. The van der Waals surface area contributed by atoms with Gasteiger partial charge in [0.05, 0.1) is 0 Å². The van der Waals surface area contributed by atoms with Crippen molar-refractivity contribution in [3.63, 3.8) is 0 Å². The molecule has 0 unspecified atom stereocenters. The van der Waals surface area contributed by atoms with Gasteiger partial charge >= 0.3 is 0 Å². The third kappa shape index (κ3) is 2.17. The Morgan fingerprint density at radius 1 is 0.583 bits per heavy atom. The standard InChI is InChI=1S/C24H38/c1-9-23(10-2)15-21(5,6)17-14-20-18(13-19(17)23)22(7,8)16-24(20,11-3)12-4/h13-14H,9-12,15-16H2,1-8H3. The molecule has 2 aliphatic rings. The second-order valence-electron chi connectivity index (χ2n) is 10.0. The summed E-state index contributed by atoms with van der Waals surface area (Å²) in [6.45, 7) is 19.5. The Balaban J connectivity index is 2.31. The van der Waals surface area contributed by atoms with Crippen molar-refractivity contribution < 1.29 is 0 Å². The lowest BCUT2D eigenvalue weighted by atomic mass is 9.73. The van der Waals surface area contributed by atoms with Crippen LogP contribution in [0.4, 0.5) is 0 Å². The zero-order valence-electron chi connectivity index (χ0n) is 17.4. The Kier molecular flexibility index (Phi) is 4.02. The molecule has 0 bridgehead atoms. The van der Waals surface area contributed by atoms with E-state index >= 15 is 0 Å². The third-order valence-electron chi connectivity index (χ3n) is 8.03. The van der Waals surface area contributed by atoms with Crippen LogP contribution in [0.5, 0.6) is 0 Å². The van der Waals surface area contributed by atoms with Crippen molar-refractivity contribution >= 4 is 0 Å². The maximum absolute atomic E-state index is 2.67. The molecule has 0 amide bonds. The van der Waals surface area contributed by atoms with E-state index in [1.54, 1.807) is 22.3 Å². The highest BCUT2D eigenvalue weighted by Crippen LogP contribution is 2.59. The van der Waals surface area contributed by atoms with E-state index in [0.717, 1.165) is 0 Å². The van der Waals surface area contributed by atoms with Crippen LogP contribution in [0.2, 0.25) is 0 Å². The Morgan fingerprint density at radius 3 is 1.12 bits per heavy atom. The molecule has 0 radical (unpaired) electrons. The fraction of sp³-hybridized carbons (Fsp3) is 0.750. The maximum atomic E-state index is 2.67. The second kappa shape index (κ2) is 5.36. The molecule has 2 aliphatic carbocycles. The summed E-state index contributed by atoms with van der Waals surface area (Å²) >= 11 is 0. The first-order valence-electron chi connectivity index (χ1n) is 10.3. The molecule has 3 rings (SSSR count). The lowest BCUT2D eigenvalue weighted by molar-refractivity contribution is 0.323. The molecule has 0 aromatic heterocycles. The molecule has 0 saturated heterocycles. The summed E-state index contributed by atoms with van der Waals surface area (Å²) in [7, 11) is 0. The fourth-order valence-corrected chi connectivity index (χ4v) is 6.43. The van der Waals surface area contributed by atoms with Gasteiger partial charge in [-0.05, 0) is 82.4 Å². The van der Waals surface area contributed by atoms with Crippen molar-refractivity contribution in [3.05, 3.63) is 34.4 Å². The van der Waals surface area contributed by atoms with Crippen LogP contribution in [0.3, 0.4) is 0 Å². The number of hydrogen-bond donors (Lipinski definition) is 0. The summed E-state index contributed by atoms with van der Waals surface area (Å²) < 4.78 is 0. The summed E-state index contributed by atoms with van der Waals surface area (Å²) in [4.78, 5) is 0. The molecule has 0 nitrogen and oxygen atoms in total. The molecule has 1 aromatic rings. The quantitative estimate of drug-likeness (QED) is 0.550. The smallest absolute Gasteiger partial charge is 0.00409 e. The lowest BCUT2D eigenvalue weighted by Crippen LogP contribution is -2.25. The summed E-state index contributed by atoms with van der Waals surface area (Å²) in [5, 5.41) is 0. The molecule has 24 heavy (non-hydrogen) atoms. The van der Waals surface area contributed by atoms with E-state index in [9.17, 15) is 0 Å². The van der Waals surface area contributed by atoms with Gasteiger partial charge in [-0.3, -0.25) is 0 Å². The lowest BCUT2D eigenvalue weighted by Gasteiger charge is -2.30. The third-order valence-corrected chi connectivity index (χ3v) is 8.03. The van der Waals surface area contributed by atoms with Crippen molar-refractivity contribution in [1.82, 2.24) is 0 Å². The minimum Gasteiger partial charge on any atom is -0.0645 e. The van der Waals surface area contributed by atoms with Gasteiger partial charge in [0.2, 0.25) is 0 Å². The number of hydrogen-bond acceptors (Lipinski definition) is 0. The molecule has 0 saturated carbocycles. The zero-order chi connectivity index (χ0) is 18.0. The van der Waals surface area contributed by atoms with Crippen LogP contribution in [0.15, 0.2) is 12.1 Å². The highest BCUT2D eigenvalue weighted by Gasteiger charge is 2.51. The van der Waals surface area contributed by atoms with Crippen molar-refractivity contribution in [2.24, 2.45) is 0 Å². The zero-order valence-corrected chi connectivity index (χ0v) is 17.4. The van der Waals surface area contributed by atoms with E-state index in [1.165, 1.54) is 38.5 Å². The van der Waals surface area contributed by atoms with Crippen LogP contribution >= 0.6 is 0 Å². The van der Waals surface area contributed by atoms with Gasteiger partial charge in [0.1, 0.15) is 0 Å². The van der Waals surface area contributed by atoms with E-state index in [1.807, 2.05) is 0 Å². The molecule has 0 fully saturated rings. The van der Waals surface area contributed by atoms with Gasteiger partial charge in [0.25, 0.3) is 0 Å². The fourth-order valence-electron chi connectivity index (χ4n) is 6.43. The molecule has 0 atom stereocenters. The average Bonchev–Trinajstić information content (AvgIpc) is 2.93. The van der Waals surface area contributed by atoms with Crippen LogP contribution in [-0.4, -0.2) is 0 Å². The Morgan fingerprint density at radius 2 is 0.875 bits per heavy atom. The van der Waals surface area contributed by atoms with E-state index in [-0.39, 0.29) is 0 Å². The minimum atomic E-state index is 0.316. The second-order valence-corrected chi connectivity index (χ2v) is 10.0. The van der Waals surface area contributed by atoms with Gasteiger partial charge in [-0.2, -0.15) is 0 Å². The molecule has 0 N–H and O–H groups in total. The Labute approximate surface area is 150 Å². The molecular formula is C24H38. The van der Waals surface area contributed by atoms with E-state index in [2.05, 4.69) is 67.5 Å². The first kappa shape index (κ1) is 18.0. The van der Waals surface area contributed by atoms with Crippen LogP contribution in [0.1, 0.15) is 116 Å². The highest BCUT2D eigenvalue weighted by molar-refractivity contribution is 5.56. The molecule has 134 valence electrons. The van der Waals surface area contributed by atoms with Gasteiger partial charge < -0.3 is 0 Å². The molecule has 0 heterocycles. The van der Waals surface area contributed by atoms with Crippen molar-refractivity contribution in [1.29, 1.82) is 0 Å². The SMILES string of the molecule is CCC1(CC)CC(C)(C)c2cc3c(cc21)C(C)(C)CC3(CC)CC. The van der Waals surface area contributed by atoms with Crippen LogP contribution in [-0.2, 0) is 21.7 Å². The van der Waals surface area contributed by atoms with E-state index in [4.69, 9.17) is 0 Å². The van der Waals surface area contributed by atoms with Crippen molar-refractivity contribution in [2.45, 2.75) is 116 Å². The van der Waals surface area contributed by atoms with E-state index in [0.29, 0.717) is 21.7 Å². The van der Waals surface area contributed by atoms with E-state index < -0.39 is 0 Å². The molecule has 0 spiro atoms. The van der Waals surface area contributed by atoms with Gasteiger partial charge in [-0.25, -0.2) is 0 Å². The average molecular weight is 327 g/mol. The van der Waals surface area contributed by atoms with Crippen LogP contribution < -0.4 is 0 Å². The number of benzene rings is 1. The van der Waals surface area contributed by atoms with Crippen molar-refractivity contribution in [2.75, 3.05) is 0 Å². The minimum absolute atomic E-state index is 0.316. The largest absolute Gasteiger partial charge is 0.0645 e. The monoisotopic (exact) mass is 326 g/mol. The molecular weight excluding hydrogens is 288 g/mol. The van der Waals surface area contributed by atoms with Gasteiger partial charge in [-0.15, -0.1) is 0 Å².